The van der Waals surface area contributed by atoms with Crippen molar-refractivity contribution in [1.82, 2.24) is 4.98 Å². The molecule has 0 fully saturated rings. The van der Waals surface area contributed by atoms with Gasteiger partial charge in [-0.05, 0) is 30.3 Å². The van der Waals surface area contributed by atoms with Crippen LogP contribution >= 0.6 is 11.3 Å². The van der Waals surface area contributed by atoms with Crippen LogP contribution in [0.3, 0.4) is 0 Å². The molecule has 0 saturated carbocycles. The van der Waals surface area contributed by atoms with Gasteiger partial charge in [-0.2, -0.15) is 18.4 Å². The van der Waals surface area contributed by atoms with Gasteiger partial charge in [0.2, 0.25) is 0 Å². The van der Waals surface area contributed by atoms with Crippen LogP contribution in [0.2, 0.25) is 0 Å². The number of thiazole rings is 1. The number of fused-ring (bicyclic) bond motifs is 2. The Balaban J connectivity index is 1.77. The number of rotatable bonds is 2. The summed E-state index contributed by atoms with van der Waals surface area (Å²) in [5.41, 5.74) is 0.350. The first-order chi connectivity index (χ1) is 13.5. The van der Waals surface area contributed by atoms with E-state index in [9.17, 15) is 18.4 Å². The highest BCUT2D eigenvalue weighted by Gasteiger charge is 2.30. The van der Waals surface area contributed by atoms with Crippen molar-refractivity contribution >= 4 is 33.2 Å². The van der Waals surface area contributed by atoms with E-state index in [1.807, 2.05) is 0 Å². The summed E-state index contributed by atoms with van der Waals surface area (Å²) in [4.78, 5) is 4.24. The third-order valence-corrected chi connectivity index (χ3v) is 5.24. The van der Waals surface area contributed by atoms with Crippen molar-refractivity contribution in [3.63, 3.8) is 0 Å². The molecule has 0 aliphatic carbocycles. The molecular formula is C20H13F3N2O2S. The first-order valence-corrected chi connectivity index (χ1v) is 9.26. The molecule has 0 saturated heterocycles. The maximum absolute atomic E-state index is 12.9. The van der Waals surface area contributed by atoms with Crippen LogP contribution < -0.4 is 9.47 Å². The molecule has 1 aliphatic heterocycles. The predicted molar refractivity (Wildman–Crippen MR) is 100 cm³/mol. The Morgan fingerprint density at radius 2 is 2.00 bits per heavy atom. The second kappa shape index (κ2) is 7.17. The molecule has 4 nitrogen and oxygen atoms in total. The van der Waals surface area contributed by atoms with Gasteiger partial charge in [0.1, 0.15) is 11.1 Å². The van der Waals surface area contributed by atoms with Crippen LogP contribution in [-0.4, -0.2) is 18.2 Å². The zero-order chi connectivity index (χ0) is 19.7. The lowest BCUT2D eigenvalue weighted by atomic mass is 10.1. The Bertz CT molecular complexity index is 1110. The average molecular weight is 402 g/mol. The highest BCUT2D eigenvalue weighted by molar-refractivity contribution is 7.19. The maximum atomic E-state index is 12.9. The van der Waals surface area contributed by atoms with Gasteiger partial charge in [-0.25, -0.2) is 4.98 Å². The normalized spacial score (nSPS) is 14.6. The van der Waals surface area contributed by atoms with Crippen LogP contribution in [-0.2, 0) is 6.18 Å². The minimum absolute atomic E-state index is 0.211. The van der Waals surface area contributed by atoms with Crippen molar-refractivity contribution in [1.29, 1.82) is 5.26 Å². The van der Waals surface area contributed by atoms with E-state index in [0.29, 0.717) is 40.0 Å². The fourth-order valence-electron chi connectivity index (χ4n) is 2.85. The van der Waals surface area contributed by atoms with E-state index in [0.717, 1.165) is 18.6 Å². The van der Waals surface area contributed by atoms with Crippen LogP contribution in [0, 0.1) is 11.3 Å². The van der Waals surface area contributed by atoms with E-state index in [1.165, 1.54) is 17.4 Å². The summed E-state index contributed by atoms with van der Waals surface area (Å²) in [6, 6.07) is 10.8. The number of alkyl halides is 3. The van der Waals surface area contributed by atoms with Gasteiger partial charge in [0.15, 0.2) is 11.5 Å². The summed E-state index contributed by atoms with van der Waals surface area (Å²) in [6.45, 7) is 1.05. The van der Waals surface area contributed by atoms with Gasteiger partial charge in [0.05, 0.1) is 34.6 Å². The van der Waals surface area contributed by atoms with Gasteiger partial charge in [-0.15, -0.1) is 11.3 Å². The standard InChI is InChI=1S/C20H13F3N2O2S/c21-20(22,23)14-5-6-17-15(10-14)25-19(28-17)13(11-24)9-12-3-1-4-16-18(12)27-8-2-7-26-16/h1,3-6,9-10H,2,7-8H2/b13-9+. The van der Waals surface area contributed by atoms with Gasteiger partial charge < -0.3 is 9.47 Å². The molecule has 142 valence electrons. The number of hydrogen-bond donors (Lipinski definition) is 0. The molecule has 2 aromatic carbocycles. The summed E-state index contributed by atoms with van der Waals surface area (Å²) in [6.07, 6.45) is -2.07. The molecule has 0 bridgehead atoms. The van der Waals surface area contributed by atoms with Crippen LogP contribution in [0.15, 0.2) is 36.4 Å². The molecule has 4 rings (SSSR count). The number of aromatic nitrogens is 1. The average Bonchev–Trinajstić information content (AvgIpc) is 2.94. The van der Waals surface area contributed by atoms with E-state index < -0.39 is 11.7 Å². The molecule has 28 heavy (non-hydrogen) atoms. The van der Waals surface area contributed by atoms with Crippen LogP contribution in [0.5, 0.6) is 11.5 Å². The monoisotopic (exact) mass is 402 g/mol. The van der Waals surface area contributed by atoms with Gasteiger partial charge in [-0.1, -0.05) is 12.1 Å². The number of nitriles is 1. The third-order valence-electron chi connectivity index (χ3n) is 4.17. The number of benzene rings is 2. The lowest BCUT2D eigenvalue weighted by Crippen LogP contribution is -2.03. The minimum Gasteiger partial charge on any atom is -0.490 e. The first-order valence-electron chi connectivity index (χ1n) is 8.44. The molecule has 1 aromatic heterocycles. The summed E-state index contributed by atoms with van der Waals surface area (Å²) in [5.74, 6) is 1.15. The Morgan fingerprint density at radius 3 is 2.79 bits per heavy atom. The Labute approximate surface area is 162 Å². The first kappa shape index (κ1) is 18.3. The Hall–Kier alpha value is -3.05. The number of allylic oxidation sites excluding steroid dienone is 1. The number of nitrogens with zero attached hydrogens (tertiary/aromatic N) is 2. The smallest absolute Gasteiger partial charge is 0.416 e. The van der Waals surface area contributed by atoms with Crippen molar-refractivity contribution in [3.8, 4) is 17.6 Å². The fraction of sp³-hybridized carbons (Fsp3) is 0.200. The molecule has 0 radical (unpaired) electrons. The molecule has 3 aromatic rings. The van der Waals surface area contributed by atoms with E-state index in [4.69, 9.17) is 9.47 Å². The topological polar surface area (TPSA) is 55.1 Å². The Kier molecular flexibility index (Phi) is 4.69. The molecule has 0 N–H and O–H groups in total. The quantitative estimate of drug-likeness (QED) is 0.528. The second-order valence-corrected chi connectivity index (χ2v) is 7.12. The zero-order valence-corrected chi connectivity index (χ0v) is 15.2. The highest BCUT2D eigenvalue weighted by atomic mass is 32.1. The van der Waals surface area contributed by atoms with Crippen molar-refractivity contribution < 1.29 is 22.6 Å². The minimum atomic E-state index is -4.44. The van der Waals surface area contributed by atoms with Crippen LogP contribution in [0.1, 0.15) is 22.6 Å². The van der Waals surface area contributed by atoms with E-state index in [1.54, 1.807) is 24.3 Å². The van der Waals surface area contributed by atoms with Gasteiger partial charge >= 0.3 is 6.18 Å². The Morgan fingerprint density at radius 1 is 1.18 bits per heavy atom. The molecule has 0 amide bonds. The SMILES string of the molecule is N#C/C(=C\c1cccc2c1OCCCO2)c1nc2cc(C(F)(F)F)ccc2s1. The molecule has 0 unspecified atom stereocenters. The molecule has 0 atom stereocenters. The van der Waals surface area contributed by atoms with Gasteiger partial charge in [0, 0.05) is 12.0 Å². The molecular weight excluding hydrogens is 389 g/mol. The fourth-order valence-corrected chi connectivity index (χ4v) is 3.76. The summed E-state index contributed by atoms with van der Waals surface area (Å²) in [5, 5.41) is 9.96. The van der Waals surface area contributed by atoms with Crippen LogP contribution in [0.25, 0.3) is 21.9 Å². The van der Waals surface area contributed by atoms with Gasteiger partial charge in [0.25, 0.3) is 0 Å². The molecule has 8 heteroatoms. The lowest BCUT2D eigenvalue weighted by molar-refractivity contribution is -0.137. The van der Waals surface area contributed by atoms with E-state index >= 15 is 0 Å². The number of hydrogen-bond acceptors (Lipinski definition) is 5. The largest absolute Gasteiger partial charge is 0.490 e. The summed E-state index contributed by atoms with van der Waals surface area (Å²) >= 11 is 1.17. The van der Waals surface area contributed by atoms with Crippen LogP contribution in [0.4, 0.5) is 13.2 Å². The summed E-state index contributed by atoms with van der Waals surface area (Å²) < 4.78 is 50.7. The van der Waals surface area contributed by atoms with Crippen molar-refractivity contribution in [2.75, 3.05) is 13.2 Å². The van der Waals surface area contributed by atoms with Crippen molar-refractivity contribution in [2.24, 2.45) is 0 Å². The molecule has 0 spiro atoms. The van der Waals surface area contributed by atoms with E-state index in [-0.39, 0.29) is 11.1 Å². The van der Waals surface area contributed by atoms with E-state index in [2.05, 4.69) is 11.1 Å². The lowest BCUT2D eigenvalue weighted by Gasteiger charge is -2.10. The molecule has 2 heterocycles. The summed E-state index contributed by atoms with van der Waals surface area (Å²) in [7, 11) is 0. The van der Waals surface area contributed by atoms with Crippen molar-refractivity contribution in [2.45, 2.75) is 12.6 Å². The van der Waals surface area contributed by atoms with Crippen molar-refractivity contribution in [3.05, 3.63) is 52.5 Å². The predicted octanol–water partition coefficient (Wildman–Crippen LogP) is 5.54. The third kappa shape index (κ3) is 3.53. The molecule has 1 aliphatic rings. The second-order valence-electron chi connectivity index (χ2n) is 6.09. The zero-order valence-electron chi connectivity index (χ0n) is 14.4. The van der Waals surface area contributed by atoms with Gasteiger partial charge in [-0.3, -0.25) is 0 Å². The number of halogens is 3. The number of para-hydroxylation sites is 1. The highest BCUT2D eigenvalue weighted by Crippen LogP contribution is 2.37. The maximum Gasteiger partial charge on any atom is 0.416 e. The number of ether oxygens (including phenoxy) is 2.